The lowest BCUT2D eigenvalue weighted by molar-refractivity contribution is -0.240. The van der Waals surface area contributed by atoms with Gasteiger partial charge in [-0.15, -0.1) is 0 Å². The van der Waals surface area contributed by atoms with Crippen molar-refractivity contribution in [1.82, 2.24) is 0 Å². The molecule has 1 N–H and O–H groups in total. The van der Waals surface area contributed by atoms with Crippen LogP contribution in [0, 0.1) is 33.5 Å². The number of ketones is 3. The number of carbonyl (C=O) groups is 3. The minimum absolute atomic E-state index is 0.0314. The van der Waals surface area contributed by atoms with E-state index in [1.54, 1.807) is 0 Å². The molecule has 0 saturated heterocycles. The summed E-state index contributed by atoms with van der Waals surface area (Å²) in [7, 11) is 0. The summed E-state index contributed by atoms with van der Waals surface area (Å²) in [6.45, 7) is 14.4. The van der Waals surface area contributed by atoms with Crippen LogP contribution in [-0.4, -0.2) is 28.1 Å². The molecule has 37 heavy (non-hydrogen) atoms. The van der Waals surface area contributed by atoms with E-state index < -0.39 is 38.6 Å². The van der Waals surface area contributed by atoms with Gasteiger partial charge >= 0.3 is 0 Å². The molecular weight excluding hydrogens is 460 g/mol. The van der Waals surface area contributed by atoms with Crippen molar-refractivity contribution in [2.45, 2.75) is 91.6 Å². The topological polar surface area (TPSA) is 71.4 Å². The molecule has 6 aliphatic rings. The van der Waals surface area contributed by atoms with Gasteiger partial charge in [-0.25, -0.2) is 0 Å². The number of Topliss-reactive ketones (excluding diaryl/α,β-unsaturated/α-hetero) is 3. The molecule has 0 aromatic heterocycles. The zero-order valence-corrected chi connectivity index (χ0v) is 23.3. The van der Waals surface area contributed by atoms with Crippen LogP contribution in [0.2, 0.25) is 0 Å². The van der Waals surface area contributed by atoms with Crippen LogP contribution in [0.4, 0.5) is 0 Å². The zero-order chi connectivity index (χ0) is 27.0. The summed E-state index contributed by atoms with van der Waals surface area (Å²) in [5.41, 5.74) is -3.14. The summed E-state index contributed by atoms with van der Waals surface area (Å²) in [6.07, 6.45) is 6.54. The van der Waals surface area contributed by atoms with Crippen LogP contribution >= 0.6 is 0 Å². The van der Waals surface area contributed by atoms with Gasteiger partial charge in [0.2, 0.25) is 0 Å². The average Bonchev–Trinajstić information content (AvgIpc) is 3.15. The van der Waals surface area contributed by atoms with Crippen molar-refractivity contribution >= 4 is 17.3 Å². The van der Waals surface area contributed by atoms with E-state index in [1.807, 2.05) is 44.2 Å². The average molecular weight is 501 g/mol. The molecule has 1 spiro atoms. The summed E-state index contributed by atoms with van der Waals surface area (Å²) in [5, 5.41) is 13.3. The number of carbonyl (C=O) groups excluding carboxylic acids is 3. The highest BCUT2D eigenvalue weighted by atomic mass is 16.3. The van der Waals surface area contributed by atoms with Crippen LogP contribution in [0.15, 0.2) is 47.6 Å². The lowest BCUT2D eigenvalue weighted by Gasteiger charge is -2.68. The molecule has 0 amide bonds. The predicted octanol–water partition coefficient (Wildman–Crippen LogP) is 6.17. The summed E-state index contributed by atoms with van der Waals surface area (Å²) < 4.78 is 0. The van der Waals surface area contributed by atoms with E-state index in [1.165, 1.54) is 5.57 Å². The smallest absolute Gasteiger partial charge is 0.180 e. The van der Waals surface area contributed by atoms with Gasteiger partial charge in [0.1, 0.15) is 11.0 Å². The van der Waals surface area contributed by atoms with E-state index in [0.29, 0.717) is 31.2 Å². The second-order valence-electron chi connectivity index (χ2n) is 14.2. The van der Waals surface area contributed by atoms with Crippen molar-refractivity contribution in [2.75, 3.05) is 0 Å². The second kappa shape index (κ2) is 7.00. The molecule has 7 rings (SSSR count). The summed E-state index contributed by atoms with van der Waals surface area (Å²) in [5.74, 6) is -1.01. The molecule has 4 heteroatoms. The van der Waals surface area contributed by atoms with Crippen molar-refractivity contribution in [3.8, 4) is 0 Å². The standard InChI is InChI=1S/C33H40O4/c1-19(2)12-13-21-16-31-17-24-28(5,6)23-11-9-8-10-22(23)25(34)32(24)27(36)30(26(31)35,15-14-20(3)4)18-29(21,7)33(31,32)37/h8-12,14,21,24,37H,13,15-18H2,1-7H3/t21?,24-,29+,30-,31-,32?,33?/m0/s1. The first-order chi connectivity index (χ1) is 17.2. The molecule has 0 radical (unpaired) electrons. The predicted molar refractivity (Wildman–Crippen MR) is 143 cm³/mol. The third-order valence-corrected chi connectivity index (χ3v) is 11.8. The normalized spacial score (nSPS) is 43.9. The molecule has 1 aromatic carbocycles. The number of fused-ring (bicyclic) bond motifs is 1. The lowest BCUT2D eigenvalue weighted by atomic mass is 9.33. The fraction of sp³-hybridized carbons (Fsp3) is 0.606. The number of allylic oxidation sites excluding steroid dienone is 4. The quantitative estimate of drug-likeness (QED) is 0.397. The van der Waals surface area contributed by atoms with Crippen molar-refractivity contribution in [3.63, 3.8) is 0 Å². The Morgan fingerprint density at radius 1 is 0.946 bits per heavy atom. The first-order valence-corrected chi connectivity index (χ1v) is 13.9. The highest BCUT2D eigenvalue weighted by Crippen LogP contribution is 2.87. The third kappa shape index (κ3) is 2.32. The van der Waals surface area contributed by atoms with Gasteiger partial charge in [-0.05, 0) is 82.6 Å². The van der Waals surface area contributed by atoms with Crippen molar-refractivity contribution in [3.05, 3.63) is 58.7 Å². The van der Waals surface area contributed by atoms with Gasteiger partial charge in [0.25, 0.3) is 0 Å². The molecule has 7 atom stereocenters. The van der Waals surface area contributed by atoms with E-state index in [2.05, 4.69) is 40.7 Å². The molecule has 0 aliphatic heterocycles. The summed E-state index contributed by atoms with van der Waals surface area (Å²) in [6, 6.07) is 7.61. The first-order valence-electron chi connectivity index (χ1n) is 13.9. The molecule has 3 unspecified atom stereocenters. The molecule has 5 fully saturated rings. The lowest BCUT2D eigenvalue weighted by Crippen LogP contribution is -2.82. The zero-order valence-electron chi connectivity index (χ0n) is 23.3. The molecule has 5 saturated carbocycles. The van der Waals surface area contributed by atoms with Gasteiger partial charge in [-0.2, -0.15) is 0 Å². The van der Waals surface area contributed by atoms with Gasteiger partial charge in [0, 0.05) is 11.0 Å². The number of hydrogen-bond donors (Lipinski definition) is 1. The van der Waals surface area contributed by atoms with Crippen LogP contribution in [0.3, 0.4) is 0 Å². The number of aliphatic hydroxyl groups is 1. The number of rotatable bonds is 4. The minimum atomic E-state index is -1.68. The van der Waals surface area contributed by atoms with Crippen molar-refractivity contribution in [2.24, 2.45) is 33.5 Å². The van der Waals surface area contributed by atoms with Crippen LogP contribution in [0.1, 0.15) is 96.5 Å². The van der Waals surface area contributed by atoms with Crippen LogP contribution in [0.5, 0.6) is 0 Å². The van der Waals surface area contributed by atoms with Gasteiger partial charge in [0.05, 0.1) is 10.8 Å². The Kier molecular flexibility index (Phi) is 4.72. The highest BCUT2D eigenvalue weighted by molar-refractivity contribution is 6.29. The highest BCUT2D eigenvalue weighted by Gasteiger charge is 2.97. The van der Waals surface area contributed by atoms with Crippen molar-refractivity contribution < 1.29 is 19.5 Å². The van der Waals surface area contributed by atoms with E-state index in [-0.39, 0.29) is 23.3 Å². The Labute approximate surface area is 220 Å². The minimum Gasteiger partial charge on any atom is -0.387 e. The van der Waals surface area contributed by atoms with E-state index >= 15 is 4.79 Å². The maximum Gasteiger partial charge on any atom is 0.180 e. The Morgan fingerprint density at radius 2 is 1.59 bits per heavy atom. The van der Waals surface area contributed by atoms with Gasteiger partial charge < -0.3 is 5.11 Å². The van der Waals surface area contributed by atoms with Gasteiger partial charge in [-0.1, -0.05) is 68.3 Å². The fourth-order valence-electron chi connectivity index (χ4n) is 10.3. The maximum atomic E-state index is 15.0. The SMILES string of the molecule is CC(C)=CCC1C[C@@]23C[C@H]4C(C)(C)c5ccccc5C(=O)C45C(=O)[C@@](CC=C(C)C)(C[C@@]1(C)C52O)C3=O. The molecule has 196 valence electrons. The Morgan fingerprint density at radius 3 is 2.24 bits per heavy atom. The molecule has 5 bridgehead atoms. The third-order valence-electron chi connectivity index (χ3n) is 11.8. The molecule has 4 nitrogen and oxygen atoms in total. The summed E-state index contributed by atoms with van der Waals surface area (Å²) in [4.78, 5) is 44.7. The maximum absolute atomic E-state index is 15.0. The molecular formula is C33H40O4. The first kappa shape index (κ1) is 25.0. The number of hydrogen-bond acceptors (Lipinski definition) is 4. The molecule has 6 aliphatic carbocycles. The van der Waals surface area contributed by atoms with Gasteiger partial charge in [-0.3, -0.25) is 14.4 Å². The Bertz CT molecular complexity index is 1340. The fourth-order valence-corrected chi connectivity index (χ4v) is 10.3. The second-order valence-corrected chi connectivity index (χ2v) is 14.2. The molecule has 0 heterocycles. The van der Waals surface area contributed by atoms with E-state index in [4.69, 9.17) is 0 Å². The van der Waals surface area contributed by atoms with Crippen molar-refractivity contribution in [1.29, 1.82) is 0 Å². The monoisotopic (exact) mass is 500 g/mol. The summed E-state index contributed by atoms with van der Waals surface area (Å²) >= 11 is 0. The molecule has 1 aromatic rings. The van der Waals surface area contributed by atoms with Crippen LogP contribution < -0.4 is 0 Å². The Hall–Kier alpha value is -2.33. The van der Waals surface area contributed by atoms with Crippen LogP contribution in [0.25, 0.3) is 0 Å². The Balaban J connectivity index is 1.71. The van der Waals surface area contributed by atoms with E-state index in [0.717, 1.165) is 17.6 Å². The largest absolute Gasteiger partial charge is 0.387 e. The van der Waals surface area contributed by atoms with E-state index in [9.17, 15) is 14.7 Å². The number of benzene rings is 1. The van der Waals surface area contributed by atoms with Crippen LogP contribution in [-0.2, 0) is 15.0 Å². The van der Waals surface area contributed by atoms with Gasteiger partial charge in [0.15, 0.2) is 17.3 Å².